The van der Waals surface area contributed by atoms with E-state index >= 15 is 0 Å². The molecule has 1 atom stereocenters. The summed E-state index contributed by atoms with van der Waals surface area (Å²) >= 11 is 1.21. The van der Waals surface area contributed by atoms with E-state index in [0.717, 1.165) is 11.1 Å². The van der Waals surface area contributed by atoms with Crippen LogP contribution < -0.4 is 10.6 Å². The second-order valence-electron chi connectivity index (χ2n) is 6.07. The van der Waals surface area contributed by atoms with Gasteiger partial charge in [-0.2, -0.15) is 13.2 Å². The largest absolute Gasteiger partial charge is 0.405 e. The second kappa shape index (κ2) is 7.66. The Morgan fingerprint density at radius 3 is 2.68 bits per heavy atom. The van der Waals surface area contributed by atoms with Crippen LogP contribution >= 0.6 is 11.3 Å². The molecule has 0 saturated heterocycles. The number of thiophene rings is 1. The van der Waals surface area contributed by atoms with Crippen LogP contribution in [-0.4, -0.2) is 33.6 Å². The summed E-state index contributed by atoms with van der Waals surface area (Å²) in [5.41, 5.74) is 0.800. The summed E-state index contributed by atoms with van der Waals surface area (Å²) < 4.78 is 51.0. The van der Waals surface area contributed by atoms with Gasteiger partial charge in [-0.05, 0) is 31.5 Å². The Bertz CT molecular complexity index is 1020. The molecule has 3 aromatic heterocycles. The van der Waals surface area contributed by atoms with Gasteiger partial charge in [0, 0.05) is 11.1 Å². The lowest BCUT2D eigenvalue weighted by molar-refractivity contribution is -0.123. The number of hydrogen-bond acceptors (Lipinski definition) is 6. The molecule has 0 radical (unpaired) electrons. The Labute approximate surface area is 161 Å². The predicted octanol–water partition coefficient (Wildman–Crippen LogP) is 4.00. The number of halogens is 4. The first-order chi connectivity index (χ1) is 13.1. The van der Waals surface area contributed by atoms with Crippen molar-refractivity contribution in [2.75, 3.05) is 11.9 Å². The van der Waals surface area contributed by atoms with Crippen LogP contribution in [0.3, 0.4) is 0 Å². The fourth-order valence-electron chi connectivity index (χ4n) is 2.47. The molecule has 28 heavy (non-hydrogen) atoms. The van der Waals surface area contributed by atoms with Gasteiger partial charge in [-0.25, -0.2) is 14.4 Å². The summed E-state index contributed by atoms with van der Waals surface area (Å²) in [6.45, 7) is 2.04. The zero-order valence-electron chi connectivity index (χ0n) is 14.8. The van der Waals surface area contributed by atoms with Crippen LogP contribution in [0, 0.1) is 12.7 Å². The molecule has 0 fully saturated rings. The van der Waals surface area contributed by atoms with Gasteiger partial charge in [0.15, 0.2) is 5.69 Å². The molecule has 2 N–H and O–H groups in total. The number of alkyl halides is 3. The Morgan fingerprint density at radius 1 is 1.25 bits per heavy atom. The summed E-state index contributed by atoms with van der Waals surface area (Å²) in [5.74, 6) is -1.42. The lowest BCUT2D eigenvalue weighted by Gasteiger charge is -2.15. The predicted molar refractivity (Wildman–Crippen MR) is 96.8 cm³/mol. The molecule has 6 nitrogen and oxygen atoms in total. The SMILES string of the molecule is Cc1cc2nc(NC(C)c3cncc(F)c3)nc(C(=O)NCC(F)(F)F)c2s1. The van der Waals surface area contributed by atoms with E-state index in [4.69, 9.17) is 0 Å². The van der Waals surface area contributed by atoms with Crippen LogP contribution in [0.2, 0.25) is 0 Å². The average molecular weight is 413 g/mol. The molecule has 11 heteroatoms. The molecule has 3 rings (SSSR count). The van der Waals surface area contributed by atoms with Gasteiger partial charge in [0.1, 0.15) is 12.4 Å². The van der Waals surface area contributed by atoms with E-state index in [1.165, 1.54) is 23.6 Å². The number of aromatic nitrogens is 3. The summed E-state index contributed by atoms with van der Waals surface area (Å²) in [6.07, 6.45) is -2.01. The number of carbonyl (C=O) groups is 1. The molecule has 0 aliphatic rings. The molecule has 0 aromatic carbocycles. The number of carbonyl (C=O) groups excluding carboxylic acids is 1. The van der Waals surface area contributed by atoms with E-state index in [9.17, 15) is 22.4 Å². The maximum absolute atomic E-state index is 13.4. The van der Waals surface area contributed by atoms with Crippen LogP contribution in [0.5, 0.6) is 0 Å². The van der Waals surface area contributed by atoms with Crippen molar-refractivity contribution in [1.82, 2.24) is 20.3 Å². The van der Waals surface area contributed by atoms with Gasteiger partial charge in [-0.1, -0.05) is 0 Å². The number of aryl methyl sites for hydroxylation is 1. The molecule has 3 heterocycles. The number of fused-ring (bicyclic) bond motifs is 1. The number of nitrogens with zero attached hydrogens (tertiary/aromatic N) is 3. The fourth-order valence-corrected chi connectivity index (χ4v) is 3.41. The molecule has 0 aliphatic heterocycles. The van der Waals surface area contributed by atoms with Crippen molar-refractivity contribution in [2.24, 2.45) is 0 Å². The smallest absolute Gasteiger partial charge is 0.348 e. The Balaban J connectivity index is 1.92. The number of amides is 1. The fraction of sp³-hybridized carbons (Fsp3) is 0.294. The van der Waals surface area contributed by atoms with Crippen LogP contribution in [0.4, 0.5) is 23.5 Å². The summed E-state index contributed by atoms with van der Waals surface area (Å²) in [5, 5.41) is 4.75. The molecular weight excluding hydrogens is 398 g/mol. The summed E-state index contributed by atoms with van der Waals surface area (Å²) in [7, 11) is 0. The maximum atomic E-state index is 13.4. The molecule has 0 aliphatic carbocycles. The molecule has 1 amide bonds. The number of rotatable bonds is 5. The topological polar surface area (TPSA) is 79.8 Å². The first kappa shape index (κ1) is 19.9. The van der Waals surface area contributed by atoms with Crippen LogP contribution in [0.15, 0.2) is 24.5 Å². The van der Waals surface area contributed by atoms with Crippen molar-refractivity contribution in [3.8, 4) is 0 Å². The lowest BCUT2D eigenvalue weighted by atomic mass is 10.1. The van der Waals surface area contributed by atoms with Crippen molar-refractivity contribution < 1.29 is 22.4 Å². The van der Waals surface area contributed by atoms with Gasteiger partial charge in [0.2, 0.25) is 5.95 Å². The molecule has 1 unspecified atom stereocenters. The number of pyridine rings is 1. The molecule has 0 spiro atoms. The highest BCUT2D eigenvalue weighted by atomic mass is 32.1. The standard InChI is InChI=1S/C17H15F4N5OS/c1-8-3-12-14(28-8)13(15(27)23-7-17(19,20)21)26-16(25-12)24-9(2)10-4-11(18)6-22-5-10/h3-6,9H,7H2,1-2H3,(H,23,27)(H,24,25,26). The van der Waals surface area contributed by atoms with E-state index < -0.39 is 30.5 Å². The minimum absolute atomic E-state index is 0.0409. The van der Waals surface area contributed by atoms with Crippen LogP contribution in [0.1, 0.15) is 33.9 Å². The van der Waals surface area contributed by atoms with Gasteiger partial charge in [0.05, 0.1) is 22.5 Å². The van der Waals surface area contributed by atoms with Crippen molar-refractivity contribution in [2.45, 2.75) is 26.1 Å². The first-order valence-electron chi connectivity index (χ1n) is 8.12. The van der Waals surface area contributed by atoms with Crippen LogP contribution in [-0.2, 0) is 0 Å². The number of anilines is 1. The number of nitrogens with one attached hydrogen (secondary N) is 2. The van der Waals surface area contributed by atoms with E-state index in [2.05, 4.69) is 20.3 Å². The van der Waals surface area contributed by atoms with E-state index in [0.29, 0.717) is 15.8 Å². The molecular formula is C17H15F4N5OS. The van der Waals surface area contributed by atoms with Crippen molar-refractivity contribution in [3.05, 3.63) is 46.5 Å². The third kappa shape index (κ3) is 4.71. The zero-order valence-corrected chi connectivity index (χ0v) is 15.6. The maximum Gasteiger partial charge on any atom is 0.405 e. The second-order valence-corrected chi connectivity index (χ2v) is 7.32. The molecule has 3 aromatic rings. The third-order valence-electron chi connectivity index (χ3n) is 3.73. The van der Waals surface area contributed by atoms with Crippen molar-refractivity contribution in [3.63, 3.8) is 0 Å². The van der Waals surface area contributed by atoms with Gasteiger partial charge in [-0.3, -0.25) is 9.78 Å². The summed E-state index contributed by atoms with van der Waals surface area (Å²) in [6, 6.07) is 2.54. The number of hydrogen-bond donors (Lipinski definition) is 2. The van der Waals surface area contributed by atoms with E-state index in [1.807, 2.05) is 5.32 Å². The molecule has 0 bridgehead atoms. The highest BCUT2D eigenvalue weighted by molar-refractivity contribution is 7.19. The Hall–Kier alpha value is -2.82. The van der Waals surface area contributed by atoms with Gasteiger partial charge < -0.3 is 10.6 Å². The van der Waals surface area contributed by atoms with E-state index in [-0.39, 0.29) is 11.6 Å². The Kier molecular flexibility index (Phi) is 5.45. The van der Waals surface area contributed by atoms with Crippen molar-refractivity contribution >= 4 is 33.4 Å². The monoisotopic (exact) mass is 413 g/mol. The Morgan fingerprint density at radius 2 is 2.00 bits per heavy atom. The van der Waals surface area contributed by atoms with Crippen LogP contribution in [0.25, 0.3) is 10.2 Å². The minimum Gasteiger partial charge on any atom is -0.348 e. The molecule has 0 saturated carbocycles. The lowest BCUT2D eigenvalue weighted by Crippen LogP contribution is -2.34. The minimum atomic E-state index is -4.53. The van der Waals surface area contributed by atoms with Crippen molar-refractivity contribution in [1.29, 1.82) is 0 Å². The van der Waals surface area contributed by atoms with Gasteiger partial charge in [-0.15, -0.1) is 11.3 Å². The third-order valence-corrected chi connectivity index (χ3v) is 4.78. The highest BCUT2D eigenvalue weighted by Gasteiger charge is 2.29. The van der Waals surface area contributed by atoms with Gasteiger partial charge in [0.25, 0.3) is 5.91 Å². The highest BCUT2D eigenvalue weighted by Crippen LogP contribution is 2.28. The zero-order chi connectivity index (χ0) is 20.5. The first-order valence-corrected chi connectivity index (χ1v) is 8.94. The summed E-state index contributed by atoms with van der Waals surface area (Å²) in [4.78, 5) is 25.3. The van der Waals surface area contributed by atoms with Gasteiger partial charge >= 0.3 is 6.18 Å². The average Bonchev–Trinajstić information content (AvgIpc) is 2.98. The molecule has 148 valence electrons. The van der Waals surface area contributed by atoms with E-state index in [1.54, 1.807) is 19.9 Å². The quantitative estimate of drug-likeness (QED) is 0.618. The normalized spacial score (nSPS) is 12.8.